The molecule has 0 bridgehead atoms. The van der Waals surface area contributed by atoms with Crippen molar-refractivity contribution in [2.75, 3.05) is 6.54 Å². The molecule has 2 amide bonds. The van der Waals surface area contributed by atoms with Crippen molar-refractivity contribution in [3.05, 3.63) is 105 Å². The van der Waals surface area contributed by atoms with Gasteiger partial charge in [-0.1, -0.05) is 96.4 Å². The molecule has 4 nitrogen and oxygen atoms in total. The van der Waals surface area contributed by atoms with E-state index in [9.17, 15) is 9.59 Å². The predicted octanol–water partition coefficient (Wildman–Crippen LogP) is 6.01. The van der Waals surface area contributed by atoms with Crippen LogP contribution in [-0.4, -0.2) is 29.3 Å². The number of carbonyl (C=O) groups excluding carboxylic acids is 2. The maximum Gasteiger partial charge on any atom is 0.243 e. The highest BCUT2D eigenvalue weighted by molar-refractivity contribution is 6.35. The largest absolute Gasteiger partial charge is 0.354 e. The molecule has 3 aromatic carbocycles. The van der Waals surface area contributed by atoms with Gasteiger partial charge in [0.25, 0.3) is 0 Å². The Balaban J connectivity index is 1.97. The Bertz CT molecular complexity index is 1120. The van der Waals surface area contributed by atoms with Crippen molar-refractivity contribution in [2.24, 2.45) is 0 Å². The van der Waals surface area contributed by atoms with Crippen molar-refractivity contribution < 1.29 is 9.59 Å². The monoisotopic (exact) mass is 496 g/mol. The molecule has 178 valence electrons. The first-order valence-electron chi connectivity index (χ1n) is 11.5. The number of nitrogens with zero attached hydrogens (tertiary/aromatic N) is 1. The highest BCUT2D eigenvalue weighted by atomic mass is 35.5. The molecule has 1 unspecified atom stereocenters. The van der Waals surface area contributed by atoms with Gasteiger partial charge in [-0.25, -0.2) is 0 Å². The number of nitrogens with one attached hydrogen (secondary N) is 1. The molecule has 0 heterocycles. The normalized spacial score (nSPS) is 11.6. The van der Waals surface area contributed by atoms with Gasteiger partial charge in [0.2, 0.25) is 11.8 Å². The molecular formula is C28H30Cl2N2O2. The van der Waals surface area contributed by atoms with Crippen molar-refractivity contribution in [3.63, 3.8) is 0 Å². The molecule has 0 radical (unpaired) electrons. The lowest BCUT2D eigenvalue weighted by atomic mass is 10.0. The maximum absolute atomic E-state index is 13.7. The first kappa shape index (κ1) is 25.8. The number of benzene rings is 3. The minimum atomic E-state index is -0.659. The molecule has 0 fully saturated rings. The molecule has 0 saturated heterocycles. The summed E-state index contributed by atoms with van der Waals surface area (Å²) in [5.74, 6) is -0.327. The van der Waals surface area contributed by atoms with Crippen LogP contribution in [0.25, 0.3) is 0 Å². The molecule has 3 rings (SSSR count). The highest BCUT2D eigenvalue weighted by Crippen LogP contribution is 2.23. The van der Waals surface area contributed by atoms with Gasteiger partial charge >= 0.3 is 0 Å². The van der Waals surface area contributed by atoms with E-state index in [0.717, 1.165) is 23.1 Å². The number of hydrogen-bond donors (Lipinski definition) is 1. The Morgan fingerprint density at radius 3 is 2.35 bits per heavy atom. The zero-order valence-corrected chi connectivity index (χ0v) is 21.1. The molecule has 0 aliphatic carbocycles. The second kappa shape index (κ2) is 12.6. The van der Waals surface area contributed by atoms with Crippen LogP contribution in [0, 0.1) is 6.92 Å². The number of carbonyl (C=O) groups is 2. The van der Waals surface area contributed by atoms with Gasteiger partial charge in [0.15, 0.2) is 0 Å². The van der Waals surface area contributed by atoms with Crippen molar-refractivity contribution in [2.45, 2.75) is 45.7 Å². The zero-order valence-electron chi connectivity index (χ0n) is 19.6. The van der Waals surface area contributed by atoms with Gasteiger partial charge < -0.3 is 10.2 Å². The molecule has 34 heavy (non-hydrogen) atoms. The summed E-state index contributed by atoms with van der Waals surface area (Å²) in [4.78, 5) is 28.7. The third kappa shape index (κ3) is 7.34. The van der Waals surface area contributed by atoms with Gasteiger partial charge in [0, 0.05) is 29.6 Å². The van der Waals surface area contributed by atoms with Gasteiger partial charge in [-0.3, -0.25) is 9.59 Å². The average Bonchev–Trinajstić information content (AvgIpc) is 2.82. The first-order chi connectivity index (χ1) is 16.4. The lowest BCUT2D eigenvalue weighted by molar-refractivity contribution is -0.140. The number of rotatable bonds is 10. The summed E-state index contributed by atoms with van der Waals surface area (Å²) in [6, 6.07) is 22.2. The topological polar surface area (TPSA) is 49.4 Å². The second-order valence-corrected chi connectivity index (χ2v) is 9.26. The third-order valence-corrected chi connectivity index (χ3v) is 6.20. The van der Waals surface area contributed by atoms with E-state index in [1.54, 1.807) is 23.1 Å². The Morgan fingerprint density at radius 1 is 0.941 bits per heavy atom. The van der Waals surface area contributed by atoms with Crippen LogP contribution < -0.4 is 5.32 Å². The summed E-state index contributed by atoms with van der Waals surface area (Å²) < 4.78 is 0. The first-order valence-corrected chi connectivity index (χ1v) is 12.2. The van der Waals surface area contributed by atoms with Crippen LogP contribution in [0.3, 0.4) is 0 Å². The molecule has 0 saturated carbocycles. The SMILES string of the molecule is CCCNC(=O)C(Cc1ccccc1)N(Cc1cccc(C)c1)C(=O)Cc1ccc(Cl)cc1Cl. The second-order valence-electron chi connectivity index (χ2n) is 8.42. The van der Waals surface area contributed by atoms with Gasteiger partial charge in [0.1, 0.15) is 6.04 Å². The molecule has 0 spiro atoms. The van der Waals surface area contributed by atoms with Gasteiger partial charge in [-0.05, 0) is 42.2 Å². The van der Waals surface area contributed by atoms with E-state index >= 15 is 0 Å². The van der Waals surface area contributed by atoms with Crippen LogP contribution in [-0.2, 0) is 29.0 Å². The zero-order chi connectivity index (χ0) is 24.5. The van der Waals surface area contributed by atoms with Crippen LogP contribution in [0.4, 0.5) is 0 Å². The fourth-order valence-corrected chi connectivity index (χ4v) is 4.33. The fraction of sp³-hybridized carbons (Fsp3) is 0.286. The van der Waals surface area contributed by atoms with Gasteiger partial charge in [-0.2, -0.15) is 0 Å². The molecule has 0 aliphatic heterocycles. The molecule has 3 aromatic rings. The Hall–Kier alpha value is -2.82. The summed E-state index contributed by atoms with van der Waals surface area (Å²) in [7, 11) is 0. The number of amides is 2. The lowest BCUT2D eigenvalue weighted by Crippen LogP contribution is -2.51. The van der Waals surface area contributed by atoms with E-state index in [-0.39, 0.29) is 18.2 Å². The van der Waals surface area contributed by atoms with Crippen LogP contribution in [0.2, 0.25) is 10.0 Å². The van der Waals surface area contributed by atoms with Crippen LogP contribution in [0.5, 0.6) is 0 Å². The standard InChI is InChI=1S/C28H30Cl2N2O2/c1-3-14-31-28(34)26(16-21-9-5-4-6-10-21)32(19-22-11-7-8-20(2)15-22)27(33)17-23-12-13-24(29)18-25(23)30/h4-13,15,18,26H,3,14,16-17,19H2,1-2H3,(H,31,34). The summed E-state index contributed by atoms with van der Waals surface area (Å²) in [6.45, 7) is 4.89. The Labute approximate surface area is 211 Å². The molecule has 1 N–H and O–H groups in total. The van der Waals surface area contributed by atoms with E-state index in [0.29, 0.717) is 35.1 Å². The van der Waals surface area contributed by atoms with Crippen molar-refractivity contribution in [1.82, 2.24) is 10.2 Å². The van der Waals surface area contributed by atoms with Gasteiger partial charge in [0.05, 0.1) is 6.42 Å². The third-order valence-electron chi connectivity index (χ3n) is 5.61. The predicted molar refractivity (Wildman–Crippen MR) is 139 cm³/mol. The van der Waals surface area contributed by atoms with E-state index < -0.39 is 6.04 Å². The van der Waals surface area contributed by atoms with E-state index in [1.807, 2.05) is 68.4 Å². The quantitative estimate of drug-likeness (QED) is 0.373. The van der Waals surface area contributed by atoms with Crippen molar-refractivity contribution in [3.8, 4) is 0 Å². The number of aryl methyl sites for hydroxylation is 1. The van der Waals surface area contributed by atoms with E-state index in [2.05, 4.69) is 5.32 Å². The molecular weight excluding hydrogens is 467 g/mol. The van der Waals surface area contributed by atoms with Crippen molar-refractivity contribution in [1.29, 1.82) is 0 Å². The number of hydrogen-bond acceptors (Lipinski definition) is 2. The van der Waals surface area contributed by atoms with Gasteiger partial charge in [-0.15, -0.1) is 0 Å². The minimum absolute atomic E-state index is 0.0775. The van der Waals surface area contributed by atoms with E-state index in [4.69, 9.17) is 23.2 Å². The molecule has 0 aliphatic rings. The Kier molecular flexibility index (Phi) is 9.55. The van der Waals surface area contributed by atoms with Crippen LogP contribution >= 0.6 is 23.2 Å². The van der Waals surface area contributed by atoms with E-state index in [1.165, 1.54) is 0 Å². The number of halogens is 2. The minimum Gasteiger partial charge on any atom is -0.354 e. The van der Waals surface area contributed by atoms with Crippen molar-refractivity contribution >= 4 is 35.0 Å². The van der Waals surface area contributed by atoms with Crippen LogP contribution in [0.15, 0.2) is 72.8 Å². The molecule has 0 aromatic heterocycles. The van der Waals surface area contributed by atoms with Crippen LogP contribution in [0.1, 0.15) is 35.6 Å². The summed E-state index contributed by atoms with van der Waals surface area (Å²) >= 11 is 12.4. The Morgan fingerprint density at radius 2 is 1.68 bits per heavy atom. The maximum atomic E-state index is 13.7. The fourth-order valence-electron chi connectivity index (χ4n) is 3.86. The molecule has 1 atom stereocenters. The lowest BCUT2D eigenvalue weighted by Gasteiger charge is -2.32. The summed E-state index contributed by atoms with van der Waals surface area (Å²) in [5, 5.41) is 3.94. The molecule has 6 heteroatoms. The highest BCUT2D eigenvalue weighted by Gasteiger charge is 2.30. The average molecular weight is 497 g/mol. The summed E-state index contributed by atoms with van der Waals surface area (Å²) in [5.41, 5.74) is 3.74. The smallest absolute Gasteiger partial charge is 0.243 e. The summed E-state index contributed by atoms with van der Waals surface area (Å²) in [6.07, 6.45) is 1.31.